The van der Waals surface area contributed by atoms with Gasteiger partial charge in [-0.15, -0.1) is 11.3 Å². The molecule has 0 atom stereocenters. The number of rotatable bonds is 4. The molecule has 7 nitrogen and oxygen atoms in total. The maximum absolute atomic E-state index is 11.8. The van der Waals surface area contributed by atoms with Crippen LogP contribution in [0.2, 0.25) is 10.0 Å². The predicted octanol–water partition coefficient (Wildman–Crippen LogP) is 4.56. The number of carbonyl (C=O) groups is 1. The second-order valence-corrected chi connectivity index (χ2v) is 7.43. The minimum atomic E-state index is -0.301. The number of hydrogen-bond donors (Lipinski definition) is 2. The molecule has 1 aromatic carbocycles. The first-order valence-corrected chi connectivity index (χ1v) is 9.65. The zero-order chi connectivity index (χ0) is 19.7. The van der Waals surface area contributed by atoms with Gasteiger partial charge < -0.3 is 10.6 Å². The molecule has 0 bridgehead atoms. The molecule has 0 saturated carbocycles. The Morgan fingerprint density at radius 1 is 1.11 bits per heavy atom. The maximum Gasteiger partial charge on any atom is 0.269 e. The molecule has 4 rings (SSSR count). The van der Waals surface area contributed by atoms with Crippen LogP contribution in [0, 0.1) is 0 Å². The van der Waals surface area contributed by atoms with Crippen LogP contribution >= 0.6 is 34.5 Å². The van der Waals surface area contributed by atoms with E-state index in [2.05, 4.69) is 30.6 Å². The minimum absolute atomic E-state index is 0.250. The SMILES string of the molecule is CNC(=O)c1cc(Nc2nccc3nc(-c4c(Cl)cccc4Cl)sc23)ncn1. The van der Waals surface area contributed by atoms with Crippen LogP contribution < -0.4 is 10.6 Å². The van der Waals surface area contributed by atoms with Gasteiger partial charge in [-0.3, -0.25) is 4.79 Å². The van der Waals surface area contributed by atoms with Gasteiger partial charge >= 0.3 is 0 Å². The third kappa shape index (κ3) is 3.49. The number of pyridine rings is 1. The number of nitrogens with one attached hydrogen (secondary N) is 2. The van der Waals surface area contributed by atoms with Crippen LogP contribution in [0.3, 0.4) is 0 Å². The molecule has 3 heterocycles. The maximum atomic E-state index is 11.8. The number of aromatic nitrogens is 4. The summed E-state index contributed by atoms with van der Waals surface area (Å²) in [6.07, 6.45) is 2.96. The smallest absolute Gasteiger partial charge is 0.269 e. The van der Waals surface area contributed by atoms with Gasteiger partial charge in [0, 0.05) is 24.9 Å². The van der Waals surface area contributed by atoms with Crippen molar-refractivity contribution in [3.63, 3.8) is 0 Å². The summed E-state index contributed by atoms with van der Waals surface area (Å²) in [4.78, 5) is 28.9. The van der Waals surface area contributed by atoms with E-state index in [9.17, 15) is 4.79 Å². The fourth-order valence-corrected chi connectivity index (χ4v) is 4.32. The van der Waals surface area contributed by atoms with Gasteiger partial charge in [0.05, 0.1) is 20.3 Å². The first-order valence-electron chi connectivity index (χ1n) is 8.08. The number of hydrogen-bond acceptors (Lipinski definition) is 7. The summed E-state index contributed by atoms with van der Waals surface area (Å²) in [6.45, 7) is 0. The van der Waals surface area contributed by atoms with Crippen LogP contribution in [0.15, 0.2) is 42.9 Å². The van der Waals surface area contributed by atoms with E-state index in [1.807, 2.05) is 0 Å². The van der Waals surface area contributed by atoms with E-state index in [1.54, 1.807) is 43.6 Å². The molecule has 28 heavy (non-hydrogen) atoms. The number of thiazole rings is 1. The van der Waals surface area contributed by atoms with Crippen molar-refractivity contribution in [3.05, 3.63) is 58.6 Å². The molecule has 0 unspecified atom stereocenters. The average molecular weight is 431 g/mol. The van der Waals surface area contributed by atoms with Gasteiger partial charge in [-0.05, 0) is 18.2 Å². The topological polar surface area (TPSA) is 92.7 Å². The fourth-order valence-electron chi connectivity index (χ4n) is 2.55. The highest BCUT2D eigenvalue weighted by Crippen LogP contribution is 2.40. The molecule has 2 N–H and O–H groups in total. The molecule has 0 aliphatic rings. The molecule has 0 aliphatic heterocycles. The predicted molar refractivity (Wildman–Crippen MR) is 112 cm³/mol. The number of fused-ring (bicyclic) bond motifs is 1. The molecular formula is C18H12Cl2N6OS. The molecule has 1 amide bonds. The first-order chi connectivity index (χ1) is 13.6. The highest BCUT2D eigenvalue weighted by Gasteiger charge is 2.16. The Kier molecular flexibility index (Phi) is 5.08. The van der Waals surface area contributed by atoms with Gasteiger partial charge in [-0.25, -0.2) is 19.9 Å². The Bertz CT molecular complexity index is 1180. The van der Waals surface area contributed by atoms with Crippen molar-refractivity contribution in [3.8, 4) is 10.6 Å². The van der Waals surface area contributed by atoms with Gasteiger partial charge in [0.1, 0.15) is 22.8 Å². The second kappa shape index (κ2) is 7.67. The highest BCUT2D eigenvalue weighted by molar-refractivity contribution is 7.22. The summed E-state index contributed by atoms with van der Waals surface area (Å²) in [5.41, 5.74) is 1.68. The van der Waals surface area contributed by atoms with Crippen molar-refractivity contribution in [2.24, 2.45) is 0 Å². The number of anilines is 2. The van der Waals surface area contributed by atoms with E-state index in [-0.39, 0.29) is 11.6 Å². The largest absolute Gasteiger partial charge is 0.354 e. The van der Waals surface area contributed by atoms with Gasteiger partial charge in [0.2, 0.25) is 0 Å². The van der Waals surface area contributed by atoms with Crippen LogP contribution in [0.25, 0.3) is 20.8 Å². The molecule has 0 radical (unpaired) electrons. The van der Waals surface area contributed by atoms with Gasteiger partial charge in [0.25, 0.3) is 5.91 Å². The van der Waals surface area contributed by atoms with Gasteiger partial charge in [0.15, 0.2) is 5.82 Å². The first kappa shape index (κ1) is 18.5. The van der Waals surface area contributed by atoms with E-state index >= 15 is 0 Å². The summed E-state index contributed by atoms with van der Waals surface area (Å²) in [7, 11) is 1.54. The van der Waals surface area contributed by atoms with Crippen LogP contribution in [0.1, 0.15) is 10.5 Å². The van der Waals surface area contributed by atoms with E-state index in [1.165, 1.54) is 17.7 Å². The lowest BCUT2D eigenvalue weighted by atomic mass is 10.2. The third-order valence-corrected chi connectivity index (χ3v) is 5.58. The highest BCUT2D eigenvalue weighted by atomic mass is 35.5. The standard InChI is InChI=1S/C18H12Cl2N6OS/c1-21-17(27)12-7-13(24-8-23-12)26-16-15-11(5-6-22-16)25-18(28-15)14-9(19)3-2-4-10(14)20/h2-8H,1H3,(H,21,27)(H,22,23,24,26). The fraction of sp³-hybridized carbons (Fsp3) is 0.0556. The Hall–Kier alpha value is -2.81. The number of nitrogens with zero attached hydrogens (tertiary/aromatic N) is 4. The number of amides is 1. The zero-order valence-corrected chi connectivity index (χ0v) is 16.7. The van der Waals surface area contributed by atoms with Gasteiger partial charge in [-0.2, -0.15) is 0 Å². The monoisotopic (exact) mass is 430 g/mol. The van der Waals surface area contributed by atoms with Crippen molar-refractivity contribution < 1.29 is 4.79 Å². The zero-order valence-electron chi connectivity index (χ0n) is 14.4. The molecule has 0 spiro atoms. The quantitative estimate of drug-likeness (QED) is 0.492. The third-order valence-electron chi connectivity index (χ3n) is 3.85. The summed E-state index contributed by atoms with van der Waals surface area (Å²) in [5.74, 6) is 0.704. The van der Waals surface area contributed by atoms with Crippen LogP contribution in [0.4, 0.5) is 11.6 Å². The lowest BCUT2D eigenvalue weighted by Crippen LogP contribution is -2.19. The van der Waals surface area contributed by atoms with Crippen molar-refractivity contribution in [2.75, 3.05) is 12.4 Å². The molecule has 0 aliphatic carbocycles. The lowest BCUT2D eigenvalue weighted by Gasteiger charge is -2.06. The van der Waals surface area contributed by atoms with Crippen LogP contribution in [-0.2, 0) is 0 Å². The lowest BCUT2D eigenvalue weighted by molar-refractivity contribution is 0.0958. The molecule has 0 saturated heterocycles. The van der Waals surface area contributed by atoms with E-state index < -0.39 is 0 Å². The molecular weight excluding hydrogens is 419 g/mol. The number of halogens is 2. The van der Waals surface area contributed by atoms with Crippen molar-refractivity contribution in [2.45, 2.75) is 0 Å². The van der Waals surface area contributed by atoms with Crippen LogP contribution in [-0.4, -0.2) is 32.9 Å². The van der Waals surface area contributed by atoms with Crippen molar-refractivity contribution in [1.29, 1.82) is 0 Å². The Labute approximate surface area is 173 Å². The normalized spacial score (nSPS) is 10.8. The summed E-state index contributed by atoms with van der Waals surface area (Å²) >= 11 is 14.0. The van der Waals surface area contributed by atoms with Crippen LogP contribution in [0.5, 0.6) is 0 Å². The summed E-state index contributed by atoms with van der Waals surface area (Å²) in [5, 5.41) is 7.40. The average Bonchev–Trinajstić information content (AvgIpc) is 3.12. The van der Waals surface area contributed by atoms with Crippen molar-refractivity contribution in [1.82, 2.24) is 25.3 Å². The van der Waals surface area contributed by atoms with Crippen molar-refractivity contribution >= 4 is 62.3 Å². The van der Waals surface area contributed by atoms with E-state index in [0.29, 0.717) is 32.3 Å². The number of benzene rings is 1. The van der Waals surface area contributed by atoms with E-state index in [4.69, 9.17) is 23.2 Å². The van der Waals surface area contributed by atoms with Gasteiger partial charge in [-0.1, -0.05) is 29.3 Å². The molecule has 10 heteroatoms. The molecule has 3 aromatic heterocycles. The molecule has 0 fully saturated rings. The molecule has 4 aromatic rings. The summed E-state index contributed by atoms with van der Waals surface area (Å²) < 4.78 is 0.814. The summed E-state index contributed by atoms with van der Waals surface area (Å²) in [6, 6.07) is 8.68. The Morgan fingerprint density at radius 3 is 2.64 bits per heavy atom. The number of carbonyl (C=O) groups excluding carboxylic acids is 1. The molecule has 140 valence electrons. The second-order valence-electron chi connectivity index (χ2n) is 5.62. The Morgan fingerprint density at radius 2 is 1.89 bits per heavy atom. The van der Waals surface area contributed by atoms with E-state index in [0.717, 1.165) is 10.2 Å². The Balaban J connectivity index is 1.75. The minimum Gasteiger partial charge on any atom is -0.354 e.